The summed E-state index contributed by atoms with van der Waals surface area (Å²) in [6.45, 7) is 2.87. The highest BCUT2D eigenvalue weighted by atomic mass is 16.6. The highest BCUT2D eigenvalue weighted by Crippen LogP contribution is 2.30. The normalized spacial score (nSPS) is 10.1. The number of nitrogens with zero attached hydrogens (tertiary/aromatic N) is 2. The number of anilines is 1. The van der Waals surface area contributed by atoms with Crippen LogP contribution in [0, 0.1) is 24.0 Å². The predicted molar refractivity (Wildman–Crippen MR) is 85.7 cm³/mol. The number of ether oxygens (including phenoxy) is 1. The molecule has 0 unspecified atom stereocenters. The Hall–Kier alpha value is -3.29. The number of carbonyl (C=O) groups is 2. The molecule has 1 N–H and O–H groups in total. The first kappa shape index (κ1) is 17.1. The smallest absolute Gasteiger partial charge is 0.357 e. The van der Waals surface area contributed by atoms with Crippen LogP contribution >= 0.6 is 0 Å². The van der Waals surface area contributed by atoms with Crippen molar-refractivity contribution >= 4 is 23.3 Å². The summed E-state index contributed by atoms with van der Waals surface area (Å²) in [5, 5.41) is 13.5. The third kappa shape index (κ3) is 3.92. The number of nitro benzene ring substituents is 1. The number of hydrogen-bond acceptors (Lipinski definition) is 6. The lowest BCUT2D eigenvalue weighted by Gasteiger charge is -2.11. The fourth-order valence-corrected chi connectivity index (χ4v) is 1.98. The number of nitro groups is 1. The number of rotatable bonds is 5. The van der Waals surface area contributed by atoms with Gasteiger partial charge >= 0.3 is 5.97 Å². The molecule has 0 saturated heterocycles. The summed E-state index contributed by atoms with van der Waals surface area (Å²) in [4.78, 5) is 38.0. The van der Waals surface area contributed by atoms with Crippen molar-refractivity contribution < 1.29 is 19.2 Å². The van der Waals surface area contributed by atoms with Crippen LogP contribution in [0.15, 0.2) is 36.5 Å². The number of benzene rings is 1. The minimum Gasteiger partial charge on any atom is -0.451 e. The topological polar surface area (TPSA) is 111 Å². The van der Waals surface area contributed by atoms with Gasteiger partial charge in [0.15, 0.2) is 6.61 Å². The van der Waals surface area contributed by atoms with Crippen molar-refractivity contribution in [1.82, 2.24) is 4.98 Å². The van der Waals surface area contributed by atoms with E-state index in [4.69, 9.17) is 4.74 Å². The Bertz CT molecular complexity index is 790. The molecule has 0 atom stereocenters. The lowest BCUT2D eigenvalue weighted by Crippen LogP contribution is -2.22. The van der Waals surface area contributed by atoms with Gasteiger partial charge in [0, 0.05) is 12.3 Å². The summed E-state index contributed by atoms with van der Waals surface area (Å²) in [6, 6.07) is 7.63. The Labute approximate surface area is 137 Å². The second-order valence-corrected chi connectivity index (χ2v) is 5.00. The zero-order valence-corrected chi connectivity index (χ0v) is 13.1. The third-order valence-corrected chi connectivity index (χ3v) is 3.38. The van der Waals surface area contributed by atoms with Gasteiger partial charge in [-0.2, -0.15) is 0 Å². The number of amides is 1. The minimum absolute atomic E-state index is 0.0722. The Morgan fingerprint density at radius 3 is 2.62 bits per heavy atom. The molecule has 124 valence electrons. The summed E-state index contributed by atoms with van der Waals surface area (Å²) in [6.07, 6.45) is 1.43. The van der Waals surface area contributed by atoms with Crippen molar-refractivity contribution in [2.75, 3.05) is 11.9 Å². The fourth-order valence-electron chi connectivity index (χ4n) is 1.98. The van der Waals surface area contributed by atoms with Gasteiger partial charge in [0.2, 0.25) is 0 Å². The molecule has 24 heavy (non-hydrogen) atoms. The summed E-state index contributed by atoms with van der Waals surface area (Å²) >= 11 is 0. The fraction of sp³-hybridized carbons (Fsp3) is 0.188. The van der Waals surface area contributed by atoms with Crippen LogP contribution in [0.25, 0.3) is 0 Å². The number of pyridine rings is 1. The Morgan fingerprint density at radius 1 is 1.25 bits per heavy atom. The van der Waals surface area contributed by atoms with Crippen LogP contribution in [0.5, 0.6) is 0 Å². The van der Waals surface area contributed by atoms with Gasteiger partial charge in [0.05, 0.1) is 4.92 Å². The summed E-state index contributed by atoms with van der Waals surface area (Å²) in [7, 11) is 0. The van der Waals surface area contributed by atoms with Crippen LogP contribution in [0.1, 0.15) is 21.6 Å². The molecule has 0 fully saturated rings. The maximum atomic E-state index is 12.0. The van der Waals surface area contributed by atoms with Gasteiger partial charge in [0.25, 0.3) is 11.6 Å². The van der Waals surface area contributed by atoms with Crippen molar-refractivity contribution in [3.63, 3.8) is 0 Å². The highest BCUT2D eigenvalue weighted by Gasteiger charge is 2.20. The second kappa shape index (κ2) is 7.32. The average Bonchev–Trinajstić information content (AvgIpc) is 2.57. The van der Waals surface area contributed by atoms with E-state index in [1.54, 1.807) is 32.0 Å². The number of aryl methyl sites for hydroxylation is 1. The molecule has 1 amide bonds. The molecule has 0 aliphatic heterocycles. The maximum absolute atomic E-state index is 12.0. The average molecular weight is 329 g/mol. The van der Waals surface area contributed by atoms with E-state index in [2.05, 4.69) is 10.3 Å². The van der Waals surface area contributed by atoms with E-state index in [9.17, 15) is 19.7 Å². The lowest BCUT2D eigenvalue weighted by atomic mass is 10.1. The minimum atomic E-state index is -0.749. The number of aromatic nitrogens is 1. The van der Waals surface area contributed by atoms with Crippen LogP contribution in [0.3, 0.4) is 0 Å². The van der Waals surface area contributed by atoms with Crippen molar-refractivity contribution in [2.45, 2.75) is 13.8 Å². The SMILES string of the molecule is Cc1ccc([N+](=O)[O-])c(NC(=O)COC(=O)c2ccccn2)c1C. The Balaban J connectivity index is 2.07. The lowest BCUT2D eigenvalue weighted by molar-refractivity contribution is -0.384. The van der Waals surface area contributed by atoms with Crippen molar-refractivity contribution in [2.24, 2.45) is 0 Å². The van der Waals surface area contributed by atoms with E-state index in [0.29, 0.717) is 5.56 Å². The van der Waals surface area contributed by atoms with E-state index in [0.717, 1.165) is 5.56 Å². The van der Waals surface area contributed by atoms with Crippen molar-refractivity contribution in [1.29, 1.82) is 0 Å². The number of hydrogen-bond donors (Lipinski definition) is 1. The first-order chi connectivity index (χ1) is 11.4. The van der Waals surface area contributed by atoms with Crippen molar-refractivity contribution in [3.05, 3.63) is 63.5 Å². The molecule has 1 heterocycles. The van der Waals surface area contributed by atoms with Crippen LogP contribution in [-0.4, -0.2) is 28.4 Å². The van der Waals surface area contributed by atoms with E-state index < -0.39 is 23.4 Å². The molecule has 0 bridgehead atoms. The van der Waals surface area contributed by atoms with E-state index in [1.165, 1.54) is 18.3 Å². The molecule has 2 aromatic rings. The molecule has 1 aromatic carbocycles. The van der Waals surface area contributed by atoms with Gasteiger partial charge in [-0.3, -0.25) is 14.9 Å². The predicted octanol–water partition coefficient (Wildman–Crippen LogP) is 2.40. The van der Waals surface area contributed by atoms with Gasteiger partial charge in [-0.1, -0.05) is 12.1 Å². The van der Waals surface area contributed by atoms with Gasteiger partial charge in [-0.25, -0.2) is 9.78 Å². The number of carbonyl (C=O) groups excluding carboxylic acids is 2. The molecular formula is C16H15N3O5. The van der Waals surface area contributed by atoms with Crippen molar-refractivity contribution in [3.8, 4) is 0 Å². The monoisotopic (exact) mass is 329 g/mol. The van der Waals surface area contributed by atoms with Crippen LogP contribution in [0.2, 0.25) is 0 Å². The number of esters is 1. The molecule has 8 nitrogen and oxygen atoms in total. The van der Waals surface area contributed by atoms with Gasteiger partial charge in [-0.15, -0.1) is 0 Å². The summed E-state index contributed by atoms with van der Waals surface area (Å²) in [5.74, 6) is -1.42. The van der Waals surface area contributed by atoms with Gasteiger partial charge in [-0.05, 0) is 37.1 Å². The molecule has 0 aliphatic rings. The largest absolute Gasteiger partial charge is 0.451 e. The molecule has 0 spiro atoms. The molecular weight excluding hydrogens is 314 g/mol. The molecule has 2 rings (SSSR count). The van der Waals surface area contributed by atoms with Crippen LogP contribution < -0.4 is 5.32 Å². The molecule has 0 aliphatic carbocycles. The molecule has 1 aromatic heterocycles. The molecule has 0 saturated carbocycles. The van der Waals surface area contributed by atoms with Gasteiger partial charge < -0.3 is 10.1 Å². The summed E-state index contributed by atoms with van der Waals surface area (Å²) in [5.41, 5.74) is 1.32. The molecule has 0 radical (unpaired) electrons. The standard InChI is InChI=1S/C16H15N3O5/c1-10-6-7-13(19(22)23)15(11(10)2)18-14(20)9-24-16(21)12-5-3-4-8-17-12/h3-8H,9H2,1-2H3,(H,18,20). The summed E-state index contributed by atoms with van der Waals surface area (Å²) < 4.78 is 4.85. The van der Waals surface area contributed by atoms with E-state index in [1.807, 2.05) is 0 Å². The highest BCUT2D eigenvalue weighted by molar-refractivity contribution is 5.97. The first-order valence-corrected chi connectivity index (χ1v) is 7.02. The van der Waals surface area contributed by atoms with E-state index >= 15 is 0 Å². The van der Waals surface area contributed by atoms with Gasteiger partial charge in [0.1, 0.15) is 11.4 Å². The quantitative estimate of drug-likeness (QED) is 0.512. The third-order valence-electron chi connectivity index (χ3n) is 3.38. The molecule has 8 heteroatoms. The zero-order chi connectivity index (χ0) is 17.7. The van der Waals surface area contributed by atoms with E-state index in [-0.39, 0.29) is 17.1 Å². The van der Waals surface area contributed by atoms with Crippen LogP contribution in [0.4, 0.5) is 11.4 Å². The van der Waals surface area contributed by atoms with Crippen LogP contribution in [-0.2, 0) is 9.53 Å². The maximum Gasteiger partial charge on any atom is 0.357 e. The zero-order valence-electron chi connectivity index (χ0n) is 13.1. The number of nitrogens with one attached hydrogen (secondary N) is 1. The Morgan fingerprint density at radius 2 is 2.00 bits per heavy atom. The second-order valence-electron chi connectivity index (χ2n) is 5.00. The Kier molecular flexibility index (Phi) is 5.20. The first-order valence-electron chi connectivity index (χ1n) is 7.02.